The average Bonchev–Trinajstić information content (AvgIpc) is 2.88. The fraction of sp³-hybridized carbons (Fsp3) is 0.444. The molecule has 0 fully saturated rings. The van der Waals surface area contributed by atoms with Gasteiger partial charge in [-0.3, -0.25) is 0 Å². The summed E-state index contributed by atoms with van der Waals surface area (Å²) in [7, 11) is 0. The summed E-state index contributed by atoms with van der Waals surface area (Å²) in [5.74, 6) is 0. The second kappa shape index (κ2) is 5.45. The summed E-state index contributed by atoms with van der Waals surface area (Å²) in [4.78, 5) is 3.99. The molecule has 0 aliphatic heterocycles. The Morgan fingerprint density at radius 1 is 1.40 bits per heavy atom. The van der Waals surface area contributed by atoms with Crippen LogP contribution in [0.4, 0.5) is 5.13 Å². The molecule has 6 heteroatoms. The van der Waals surface area contributed by atoms with Crippen molar-refractivity contribution in [2.75, 3.05) is 11.9 Å². The number of unbranched alkanes of at least 4 members (excludes halogenated alkanes) is 1. The Bertz CT molecular complexity index is 320. The Labute approximate surface area is 92.2 Å². The van der Waals surface area contributed by atoms with E-state index in [9.17, 15) is 0 Å². The molecular formula is C9H13N5S. The lowest BCUT2D eigenvalue weighted by atomic mass is 10.3. The highest BCUT2D eigenvalue weighted by Gasteiger charge is 1.94. The summed E-state index contributed by atoms with van der Waals surface area (Å²) < 4.78 is 2.09. The van der Waals surface area contributed by atoms with Crippen molar-refractivity contribution in [2.45, 2.75) is 19.4 Å². The molecular weight excluding hydrogens is 210 g/mol. The fourth-order valence-electron chi connectivity index (χ4n) is 1.28. The summed E-state index contributed by atoms with van der Waals surface area (Å²) in [5, 5.41) is 11.8. The van der Waals surface area contributed by atoms with Crippen LogP contribution in [0.25, 0.3) is 0 Å². The lowest BCUT2D eigenvalue weighted by molar-refractivity contribution is 0.621. The summed E-state index contributed by atoms with van der Waals surface area (Å²) in [5.41, 5.74) is 1.73. The van der Waals surface area contributed by atoms with Crippen LogP contribution in [0.3, 0.4) is 0 Å². The van der Waals surface area contributed by atoms with Crippen molar-refractivity contribution >= 4 is 16.5 Å². The Morgan fingerprint density at radius 3 is 3.13 bits per heavy atom. The Hall–Kier alpha value is -1.43. The molecule has 0 atom stereocenters. The van der Waals surface area contributed by atoms with E-state index in [-0.39, 0.29) is 0 Å². The largest absolute Gasteiger partial charge is 0.360 e. The number of hydrogen-bond donors (Lipinski definition) is 1. The first-order valence-corrected chi connectivity index (χ1v) is 5.79. The number of aryl methyl sites for hydroxylation is 1. The SMILES string of the molecule is c1cn(CCCCNc2nncs2)cn1. The molecule has 2 aromatic rings. The third kappa shape index (κ3) is 3.32. The predicted molar refractivity (Wildman–Crippen MR) is 59.9 cm³/mol. The van der Waals surface area contributed by atoms with Gasteiger partial charge < -0.3 is 9.88 Å². The molecule has 2 heterocycles. The molecule has 80 valence electrons. The highest BCUT2D eigenvalue weighted by Crippen LogP contribution is 2.07. The van der Waals surface area contributed by atoms with E-state index in [0.29, 0.717) is 0 Å². The third-order valence-electron chi connectivity index (χ3n) is 2.04. The minimum absolute atomic E-state index is 0.901. The van der Waals surface area contributed by atoms with E-state index in [0.717, 1.165) is 31.1 Å². The van der Waals surface area contributed by atoms with E-state index < -0.39 is 0 Å². The minimum Gasteiger partial charge on any atom is -0.360 e. The van der Waals surface area contributed by atoms with Crippen LogP contribution in [0.1, 0.15) is 12.8 Å². The molecule has 0 aromatic carbocycles. The molecule has 2 aromatic heterocycles. The van der Waals surface area contributed by atoms with Crippen molar-refractivity contribution in [3.8, 4) is 0 Å². The molecule has 2 rings (SSSR count). The zero-order valence-corrected chi connectivity index (χ0v) is 9.15. The highest BCUT2D eigenvalue weighted by molar-refractivity contribution is 7.13. The van der Waals surface area contributed by atoms with Gasteiger partial charge in [0.2, 0.25) is 5.13 Å². The standard InChI is InChI=1S/C9H13N5S/c1(2-5-14-6-4-10-7-14)3-11-9-13-12-8-15-9/h4,6-8H,1-3,5H2,(H,11,13). The van der Waals surface area contributed by atoms with Crippen molar-refractivity contribution in [3.05, 3.63) is 24.2 Å². The van der Waals surface area contributed by atoms with Crippen LogP contribution in [0.2, 0.25) is 0 Å². The smallest absolute Gasteiger partial charge is 0.205 e. The Morgan fingerprint density at radius 2 is 2.40 bits per heavy atom. The summed E-state index contributed by atoms with van der Waals surface area (Å²) >= 11 is 1.53. The number of nitrogens with zero attached hydrogens (tertiary/aromatic N) is 4. The molecule has 0 aliphatic carbocycles. The minimum atomic E-state index is 0.901. The van der Waals surface area contributed by atoms with Gasteiger partial charge in [0.1, 0.15) is 5.51 Å². The number of imidazole rings is 1. The fourth-order valence-corrected chi connectivity index (χ4v) is 1.76. The van der Waals surface area contributed by atoms with Gasteiger partial charge in [-0.25, -0.2) is 4.98 Å². The van der Waals surface area contributed by atoms with E-state index >= 15 is 0 Å². The monoisotopic (exact) mass is 223 g/mol. The van der Waals surface area contributed by atoms with Crippen LogP contribution in [0.15, 0.2) is 24.2 Å². The quantitative estimate of drug-likeness (QED) is 0.756. The van der Waals surface area contributed by atoms with Gasteiger partial charge in [0.05, 0.1) is 6.33 Å². The van der Waals surface area contributed by atoms with Crippen LogP contribution in [0.5, 0.6) is 0 Å². The molecule has 0 amide bonds. The zero-order valence-electron chi connectivity index (χ0n) is 8.33. The molecule has 15 heavy (non-hydrogen) atoms. The van der Waals surface area contributed by atoms with E-state index in [4.69, 9.17) is 0 Å². The van der Waals surface area contributed by atoms with Gasteiger partial charge in [0, 0.05) is 25.5 Å². The Kier molecular flexibility index (Phi) is 3.67. The van der Waals surface area contributed by atoms with Crippen LogP contribution < -0.4 is 5.32 Å². The average molecular weight is 223 g/mol. The number of aromatic nitrogens is 4. The Balaban J connectivity index is 1.56. The number of rotatable bonds is 6. The first-order valence-electron chi connectivity index (χ1n) is 4.91. The van der Waals surface area contributed by atoms with Crippen LogP contribution in [0, 0.1) is 0 Å². The number of nitrogens with one attached hydrogen (secondary N) is 1. The highest BCUT2D eigenvalue weighted by atomic mass is 32.1. The van der Waals surface area contributed by atoms with Gasteiger partial charge in [-0.2, -0.15) is 0 Å². The van der Waals surface area contributed by atoms with E-state index in [2.05, 4.69) is 25.1 Å². The van der Waals surface area contributed by atoms with Crippen LogP contribution in [-0.2, 0) is 6.54 Å². The third-order valence-corrected chi connectivity index (χ3v) is 2.69. The van der Waals surface area contributed by atoms with Crippen LogP contribution in [-0.4, -0.2) is 26.3 Å². The maximum atomic E-state index is 3.99. The second-order valence-corrected chi connectivity index (χ2v) is 4.01. The maximum absolute atomic E-state index is 3.99. The van der Waals surface area contributed by atoms with Gasteiger partial charge in [0.25, 0.3) is 0 Å². The van der Waals surface area contributed by atoms with E-state index in [1.165, 1.54) is 11.3 Å². The molecule has 0 unspecified atom stereocenters. The summed E-state index contributed by atoms with van der Waals surface area (Å²) in [6.45, 7) is 1.97. The van der Waals surface area contributed by atoms with Gasteiger partial charge in [-0.1, -0.05) is 11.3 Å². The van der Waals surface area contributed by atoms with E-state index in [1.54, 1.807) is 11.7 Å². The summed E-state index contributed by atoms with van der Waals surface area (Å²) in [6, 6.07) is 0. The normalized spacial score (nSPS) is 10.4. The van der Waals surface area contributed by atoms with Gasteiger partial charge >= 0.3 is 0 Å². The summed E-state index contributed by atoms with van der Waals surface area (Å²) in [6.07, 6.45) is 7.90. The zero-order chi connectivity index (χ0) is 10.3. The lowest BCUT2D eigenvalue weighted by Gasteiger charge is -2.02. The first kappa shape index (κ1) is 10.1. The van der Waals surface area contributed by atoms with Crippen molar-refractivity contribution in [1.29, 1.82) is 0 Å². The van der Waals surface area contributed by atoms with Gasteiger partial charge in [-0.05, 0) is 12.8 Å². The molecule has 1 N–H and O–H groups in total. The van der Waals surface area contributed by atoms with Crippen molar-refractivity contribution in [2.24, 2.45) is 0 Å². The molecule has 0 radical (unpaired) electrons. The molecule has 0 aliphatic rings. The number of hydrogen-bond acceptors (Lipinski definition) is 5. The molecule has 5 nitrogen and oxygen atoms in total. The number of anilines is 1. The molecule has 0 spiro atoms. The van der Waals surface area contributed by atoms with Crippen molar-refractivity contribution in [3.63, 3.8) is 0 Å². The van der Waals surface area contributed by atoms with Crippen LogP contribution >= 0.6 is 11.3 Å². The maximum Gasteiger partial charge on any atom is 0.205 e. The lowest BCUT2D eigenvalue weighted by Crippen LogP contribution is -2.03. The van der Waals surface area contributed by atoms with Crippen molar-refractivity contribution < 1.29 is 0 Å². The molecule has 0 saturated carbocycles. The van der Waals surface area contributed by atoms with E-state index in [1.807, 2.05) is 12.5 Å². The first-order chi connectivity index (χ1) is 7.45. The van der Waals surface area contributed by atoms with Crippen molar-refractivity contribution in [1.82, 2.24) is 19.7 Å². The molecule has 0 bridgehead atoms. The topological polar surface area (TPSA) is 55.6 Å². The van der Waals surface area contributed by atoms with Gasteiger partial charge in [0.15, 0.2) is 0 Å². The predicted octanol–water partition coefficient (Wildman–Crippen LogP) is 1.63. The second-order valence-electron chi connectivity index (χ2n) is 3.18. The molecule has 0 saturated heterocycles. The van der Waals surface area contributed by atoms with Gasteiger partial charge in [-0.15, -0.1) is 10.2 Å².